The van der Waals surface area contributed by atoms with E-state index in [0.717, 1.165) is 74.2 Å². The summed E-state index contributed by atoms with van der Waals surface area (Å²) in [5.41, 5.74) is 6.23. The van der Waals surface area contributed by atoms with Crippen LogP contribution < -0.4 is 10.6 Å². The van der Waals surface area contributed by atoms with E-state index in [2.05, 4.69) is 108 Å². The highest BCUT2D eigenvalue weighted by atomic mass is 32.1. The molecule has 0 radical (unpaired) electrons. The lowest BCUT2D eigenvalue weighted by Gasteiger charge is -2.30. The van der Waals surface area contributed by atoms with Gasteiger partial charge in [0.1, 0.15) is 22.5 Å². The van der Waals surface area contributed by atoms with Crippen molar-refractivity contribution in [3.05, 3.63) is 72.4 Å². The number of imidazole rings is 2. The van der Waals surface area contributed by atoms with Crippen LogP contribution in [0.25, 0.3) is 43.2 Å². The molecule has 320 valence electrons. The first kappa shape index (κ1) is 44.0. The molecule has 5 heterocycles. The van der Waals surface area contributed by atoms with Crippen LogP contribution in [-0.4, -0.2) is 101 Å². The van der Waals surface area contributed by atoms with E-state index in [9.17, 15) is 14.4 Å². The smallest absolute Gasteiger partial charge is 0.407 e. The number of carbonyl (C=O) groups excluding carboxylic acids is 4. The molecule has 2 aliphatic heterocycles. The summed E-state index contributed by atoms with van der Waals surface area (Å²) in [7, 11) is 4.47. The molecule has 6 unspecified atom stereocenters. The molecule has 0 spiro atoms. The molecule has 0 saturated carbocycles. The van der Waals surface area contributed by atoms with Gasteiger partial charge in [-0.15, -0.1) is 11.3 Å². The van der Waals surface area contributed by atoms with Crippen LogP contribution in [-0.2, 0) is 23.9 Å². The number of nitrogens with one attached hydrogen (secondary N) is 4. The number of ether oxygens (including phenoxy) is 2. The van der Waals surface area contributed by atoms with Gasteiger partial charge in [0.25, 0.3) is 6.47 Å². The highest BCUT2D eigenvalue weighted by Crippen LogP contribution is 2.40. The summed E-state index contributed by atoms with van der Waals surface area (Å²) >= 11 is 1.66. The summed E-state index contributed by atoms with van der Waals surface area (Å²) in [6.07, 6.45) is 2.90. The van der Waals surface area contributed by atoms with E-state index in [1.807, 2.05) is 36.9 Å². The highest BCUT2D eigenvalue weighted by Gasteiger charge is 2.41. The maximum Gasteiger partial charge on any atom is 0.407 e. The molecule has 4 N–H and O–H groups in total. The summed E-state index contributed by atoms with van der Waals surface area (Å²) in [4.78, 5) is 70.9. The van der Waals surface area contributed by atoms with E-state index >= 15 is 0 Å². The number of carbonyl (C=O) groups is 4. The SMILES string of the molecule is CNC(C(=O)N1CC(C)CC1c1nc2sc(-c3ccc(-c4ccc(-c5cnc(C6CC(C)CN6C(=O)C(NC(=O)OC)C(C)C)[nH]5)cc4)cc3)cc2[nH]1)C(C)C.COC=O. The van der Waals surface area contributed by atoms with Crippen LogP contribution in [0.15, 0.2) is 60.8 Å². The number of alkyl carbamates (subject to hydrolysis) is 1. The molecule has 2 aromatic carbocycles. The zero-order valence-corrected chi connectivity index (χ0v) is 36.8. The highest BCUT2D eigenvalue weighted by molar-refractivity contribution is 7.21. The molecule has 14 nitrogen and oxygen atoms in total. The second kappa shape index (κ2) is 19.2. The van der Waals surface area contributed by atoms with Crippen molar-refractivity contribution in [1.29, 1.82) is 0 Å². The summed E-state index contributed by atoms with van der Waals surface area (Å²) in [6, 6.07) is 18.0. The van der Waals surface area contributed by atoms with Crippen LogP contribution in [0.2, 0.25) is 0 Å². The minimum atomic E-state index is -0.686. The third-order valence-corrected chi connectivity index (χ3v) is 12.5. The zero-order chi connectivity index (χ0) is 43.2. The van der Waals surface area contributed by atoms with Gasteiger partial charge < -0.3 is 39.9 Å². The van der Waals surface area contributed by atoms with Crippen molar-refractivity contribution in [2.45, 2.75) is 78.6 Å². The fraction of sp³-hybridized carbons (Fsp3) is 0.467. The number of H-pyrrole nitrogens is 2. The number of likely N-dealkylation sites (tertiary alicyclic amines) is 2. The van der Waals surface area contributed by atoms with Crippen LogP contribution >= 0.6 is 11.3 Å². The number of hydrogen-bond acceptors (Lipinski definition) is 10. The first-order valence-electron chi connectivity index (χ1n) is 20.6. The Morgan fingerprint density at radius 3 is 1.82 bits per heavy atom. The Morgan fingerprint density at radius 1 is 0.800 bits per heavy atom. The standard InChI is InChI=1S/C43H54N8O4S.C2H4O2/c1-23(2)36(44-7)41(52)51-22-26(6)18-34(51)39-46-31-19-35(56-40(31)49-39)30-15-11-28(12-16-30)27-9-13-29(14-10-27)32-20-45-38(47-32)33-17-25(5)21-50(33)42(53)37(24(3)4)48-43(54)55-8;1-4-2-3/h9-16,19-20,23-26,33-34,36-37,44H,17-18,21-22H2,1-8H3,(H,45,47)(H,46,49)(H,48,54);2H,1H3. The summed E-state index contributed by atoms with van der Waals surface area (Å²) < 4.78 is 8.64. The van der Waals surface area contributed by atoms with E-state index in [1.54, 1.807) is 11.3 Å². The van der Waals surface area contributed by atoms with Gasteiger partial charge in [-0.3, -0.25) is 14.4 Å². The molecule has 2 aliphatic rings. The third kappa shape index (κ3) is 9.57. The van der Waals surface area contributed by atoms with Gasteiger partial charge in [0.15, 0.2) is 0 Å². The minimum absolute atomic E-state index is 0.0471. The molecule has 2 saturated heterocycles. The molecule has 5 aromatic rings. The van der Waals surface area contributed by atoms with Crippen molar-refractivity contribution >= 4 is 46.1 Å². The fourth-order valence-corrected chi connectivity index (χ4v) is 9.35. The molecule has 3 amide bonds. The Kier molecular flexibility index (Phi) is 14.1. The number of hydrogen-bond donors (Lipinski definition) is 4. The predicted molar refractivity (Wildman–Crippen MR) is 234 cm³/mol. The molecule has 2 fully saturated rings. The van der Waals surface area contributed by atoms with Gasteiger partial charge in [-0.1, -0.05) is 90.1 Å². The first-order chi connectivity index (χ1) is 28.8. The van der Waals surface area contributed by atoms with E-state index in [-0.39, 0.29) is 41.8 Å². The summed E-state index contributed by atoms with van der Waals surface area (Å²) in [5.74, 6) is 2.44. The molecule has 60 heavy (non-hydrogen) atoms. The lowest BCUT2D eigenvalue weighted by atomic mass is 10.0. The average Bonchev–Trinajstić information content (AvgIpc) is 4.09. The Labute approximate surface area is 355 Å². The van der Waals surface area contributed by atoms with Gasteiger partial charge >= 0.3 is 6.09 Å². The van der Waals surface area contributed by atoms with Gasteiger partial charge in [0.05, 0.1) is 49.8 Å². The average molecular weight is 839 g/mol. The van der Waals surface area contributed by atoms with Gasteiger partial charge in [0.2, 0.25) is 11.8 Å². The van der Waals surface area contributed by atoms with Crippen LogP contribution in [0, 0.1) is 23.7 Å². The van der Waals surface area contributed by atoms with Crippen molar-refractivity contribution in [2.75, 3.05) is 34.4 Å². The first-order valence-corrected chi connectivity index (χ1v) is 21.4. The van der Waals surface area contributed by atoms with E-state index < -0.39 is 12.1 Å². The van der Waals surface area contributed by atoms with Crippen molar-refractivity contribution in [3.8, 4) is 32.8 Å². The van der Waals surface area contributed by atoms with Crippen LogP contribution in [0.5, 0.6) is 0 Å². The number of likely N-dealkylation sites (N-methyl/N-ethyl adjacent to an activating group) is 1. The van der Waals surface area contributed by atoms with Crippen molar-refractivity contribution in [2.24, 2.45) is 23.7 Å². The minimum Gasteiger partial charge on any atom is -0.471 e. The number of fused-ring (bicyclic) bond motifs is 1. The van der Waals surface area contributed by atoms with Crippen LogP contribution in [0.3, 0.4) is 0 Å². The lowest BCUT2D eigenvalue weighted by Crippen LogP contribution is -2.51. The number of nitrogens with zero attached hydrogens (tertiary/aromatic N) is 4. The van der Waals surface area contributed by atoms with Gasteiger partial charge in [-0.25, -0.2) is 14.8 Å². The van der Waals surface area contributed by atoms with E-state index in [4.69, 9.17) is 19.5 Å². The number of aromatic nitrogens is 4. The zero-order valence-electron chi connectivity index (χ0n) is 35.9. The molecule has 0 aliphatic carbocycles. The topological polar surface area (TPSA) is 175 Å². The largest absolute Gasteiger partial charge is 0.471 e. The Hall–Kier alpha value is -5.54. The Bertz CT molecular complexity index is 2220. The Morgan fingerprint density at radius 2 is 1.32 bits per heavy atom. The summed E-state index contributed by atoms with van der Waals surface area (Å²) in [5, 5.41) is 5.94. The van der Waals surface area contributed by atoms with Crippen molar-refractivity contribution < 1.29 is 28.7 Å². The molecule has 6 atom stereocenters. The van der Waals surface area contributed by atoms with Gasteiger partial charge in [-0.05, 0) is 71.9 Å². The van der Waals surface area contributed by atoms with Gasteiger partial charge in [-0.2, -0.15) is 0 Å². The number of rotatable bonds is 12. The quantitative estimate of drug-likeness (QED) is 0.0924. The van der Waals surface area contributed by atoms with Gasteiger partial charge in [0, 0.05) is 18.0 Å². The maximum absolute atomic E-state index is 13.7. The number of benzene rings is 2. The molecular weight excluding hydrogens is 781 g/mol. The molecule has 3 aromatic heterocycles. The predicted octanol–water partition coefficient (Wildman–Crippen LogP) is 7.58. The number of aromatic amines is 2. The van der Waals surface area contributed by atoms with Crippen LogP contribution in [0.1, 0.15) is 78.1 Å². The summed E-state index contributed by atoms with van der Waals surface area (Å²) in [6.45, 7) is 14.0. The second-order valence-corrected chi connectivity index (χ2v) is 17.7. The van der Waals surface area contributed by atoms with Crippen molar-refractivity contribution in [1.82, 2.24) is 40.4 Å². The normalized spacial score (nSPS) is 19.9. The number of methoxy groups -OCH3 is 2. The maximum atomic E-state index is 13.7. The van der Waals surface area contributed by atoms with E-state index in [1.165, 1.54) is 14.2 Å². The van der Waals surface area contributed by atoms with E-state index in [0.29, 0.717) is 24.9 Å². The molecule has 0 bridgehead atoms. The fourth-order valence-electron chi connectivity index (χ4n) is 8.35. The Balaban J connectivity index is 0.00000144. The molecule has 7 rings (SSSR count). The number of thiophene rings is 1. The van der Waals surface area contributed by atoms with Crippen LogP contribution in [0.4, 0.5) is 4.79 Å². The second-order valence-electron chi connectivity index (χ2n) is 16.7. The monoisotopic (exact) mass is 838 g/mol. The third-order valence-electron chi connectivity index (χ3n) is 11.4. The molecule has 15 heteroatoms. The lowest BCUT2D eigenvalue weighted by molar-refractivity contribution is -0.136. The number of amides is 3. The van der Waals surface area contributed by atoms with Crippen molar-refractivity contribution in [3.63, 3.8) is 0 Å². The molecular formula is C45H58N8O6S.